The van der Waals surface area contributed by atoms with Crippen molar-refractivity contribution in [3.8, 4) is 0 Å². The lowest BCUT2D eigenvalue weighted by molar-refractivity contribution is -0.132. The van der Waals surface area contributed by atoms with Crippen LogP contribution in [-0.4, -0.2) is 36.3 Å². The first-order chi connectivity index (χ1) is 10.4. The van der Waals surface area contributed by atoms with Crippen molar-refractivity contribution in [3.63, 3.8) is 0 Å². The van der Waals surface area contributed by atoms with Gasteiger partial charge in [0.05, 0.1) is 0 Å². The molecule has 4 heteroatoms. The molecule has 0 radical (unpaired) electrons. The number of hydrogen-bond acceptors (Lipinski definition) is 2. The Bertz CT molecular complexity index is 560. The fourth-order valence-electron chi connectivity index (χ4n) is 2.97. The maximum Gasteiger partial charge on any atom is 0.242 e. The van der Waals surface area contributed by atoms with E-state index in [1.807, 2.05) is 36.9 Å². The van der Waals surface area contributed by atoms with E-state index in [9.17, 15) is 9.59 Å². The highest BCUT2D eigenvalue weighted by Crippen LogP contribution is 2.22. The number of rotatable bonds is 3. The Hall–Kier alpha value is -1.84. The quantitative estimate of drug-likeness (QED) is 0.861. The fraction of sp³-hybridized carbons (Fsp3) is 0.556. The minimum atomic E-state index is -0.0920. The lowest BCUT2D eigenvalue weighted by Gasteiger charge is -2.32. The number of amides is 2. The Morgan fingerprint density at radius 3 is 2.41 bits per heavy atom. The molecular weight excluding hydrogens is 276 g/mol. The highest BCUT2D eigenvalue weighted by molar-refractivity contribution is 5.98. The number of nitrogens with zero attached hydrogens (tertiary/aromatic N) is 2. The molecule has 1 aliphatic heterocycles. The van der Waals surface area contributed by atoms with E-state index in [0.717, 1.165) is 42.7 Å². The summed E-state index contributed by atoms with van der Waals surface area (Å²) >= 11 is 0. The van der Waals surface area contributed by atoms with Crippen LogP contribution in [0.1, 0.15) is 37.8 Å². The van der Waals surface area contributed by atoms with Crippen molar-refractivity contribution in [1.29, 1.82) is 0 Å². The van der Waals surface area contributed by atoms with Gasteiger partial charge in [-0.1, -0.05) is 24.6 Å². The Kier molecular flexibility index (Phi) is 5.22. The molecular formula is C18H26N2O2. The molecule has 0 bridgehead atoms. The fourth-order valence-corrected chi connectivity index (χ4v) is 2.97. The monoisotopic (exact) mass is 302 g/mol. The van der Waals surface area contributed by atoms with E-state index in [1.165, 1.54) is 6.92 Å². The summed E-state index contributed by atoms with van der Waals surface area (Å²) in [5, 5.41) is 0. The molecule has 1 fully saturated rings. The van der Waals surface area contributed by atoms with Crippen molar-refractivity contribution < 1.29 is 9.59 Å². The van der Waals surface area contributed by atoms with E-state index in [0.29, 0.717) is 5.92 Å². The van der Waals surface area contributed by atoms with Crippen LogP contribution in [0, 0.1) is 19.8 Å². The summed E-state index contributed by atoms with van der Waals surface area (Å²) in [5.74, 6) is 0.639. The average Bonchev–Trinajstić information content (AvgIpc) is 2.45. The van der Waals surface area contributed by atoms with Crippen LogP contribution >= 0.6 is 0 Å². The SMILES string of the molecule is CC(=O)N(CC(=O)N1CCC(C)CC1)c1ccc(C)cc1C. The van der Waals surface area contributed by atoms with Gasteiger partial charge in [0, 0.05) is 25.7 Å². The molecule has 0 spiro atoms. The first-order valence-electron chi connectivity index (χ1n) is 8.01. The molecule has 1 heterocycles. The summed E-state index contributed by atoms with van der Waals surface area (Å²) < 4.78 is 0. The molecule has 22 heavy (non-hydrogen) atoms. The third kappa shape index (κ3) is 3.87. The van der Waals surface area contributed by atoms with Crippen LogP contribution in [0.25, 0.3) is 0 Å². The van der Waals surface area contributed by atoms with Crippen LogP contribution in [0.5, 0.6) is 0 Å². The van der Waals surface area contributed by atoms with Crippen molar-refractivity contribution in [3.05, 3.63) is 29.3 Å². The lowest BCUT2D eigenvalue weighted by atomic mass is 9.99. The van der Waals surface area contributed by atoms with E-state index in [1.54, 1.807) is 4.90 Å². The molecule has 4 nitrogen and oxygen atoms in total. The minimum absolute atomic E-state index is 0.0436. The zero-order chi connectivity index (χ0) is 16.3. The summed E-state index contributed by atoms with van der Waals surface area (Å²) in [4.78, 5) is 28.0. The van der Waals surface area contributed by atoms with Gasteiger partial charge in [-0.2, -0.15) is 0 Å². The van der Waals surface area contributed by atoms with Gasteiger partial charge in [0.2, 0.25) is 11.8 Å². The van der Waals surface area contributed by atoms with Gasteiger partial charge in [-0.15, -0.1) is 0 Å². The molecule has 1 saturated heterocycles. The van der Waals surface area contributed by atoms with Crippen molar-refractivity contribution in [2.45, 2.75) is 40.5 Å². The van der Waals surface area contributed by atoms with Gasteiger partial charge in [-0.3, -0.25) is 9.59 Å². The van der Waals surface area contributed by atoms with Gasteiger partial charge >= 0.3 is 0 Å². The van der Waals surface area contributed by atoms with Gasteiger partial charge < -0.3 is 9.80 Å². The van der Waals surface area contributed by atoms with Gasteiger partial charge in [-0.05, 0) is 44.2 Å². The van der Waals surface area contributed by atoms with Gasteiger partial charge in [0.15, 0.2) is 0 Å². The largest absolute Gasteiger partial charge is 0.341 e. The minimum Gasteiger partial charge on any atom is -0.341 e. The molecule has 0 N–H and O–H groups in total. The van der Waals surface area contributed by atoms with Crippen LogP contribution < -0.4 is 4.90 Å². The molecule has 0 aromatic heterocycles. The van der Waals surface area contributed by atoms with Crippen molar-refractivity contribution in [2.24, 2.45) is 5.92 Å². The van der Waals surface area contributed by atoms with Gasteiger partial charge in [0.25, 0.3) is 0 Å². The second-order valence-electron chi connectivity index (χ2n) is 6.46. The summed E-state index contributed by atoms with van der Waals surface area (Å²) in [6, 6.07) is 5.95. The molecule has 0 atom stereocenters. The molecule has 0 aliphatic carbocycles. The van der Waals surface area contributed by atoms with Gasteiger partial charge in [0.1, 0.15) is 6.54 Å². The molecule has 1 aromatic carbocycles. The summed E-state index contributed by atoms with van der Waals surface area (Å²) in [6.45, 7) is 9.48. The van der Waals surface area contributed by atoms with Crippen molar-refractivity contribution in [2.75, 3.05) is 24.5 Å². The Labute approximate surface area is 133 Å². The third-order valence-corrected chi connectivity index (χ3v) is 4.45. The zero-order valence-electron chi connectivity index (χ0n) is 14.1. The summed E-state index contributed by atoms with van der Waals surface area (Å²) in [7, 11) is 0. The number of hydrogen-bond donors (Lipinski definition) is 0. The smallest absolute Gasteiger partial charge is 0.242 e. The highest BCUT2D eigenvalue weighted by atomic mass is 16.2. The normalized spacial score (nSPS) is 15.7. The zero-order valence-corrected chi connectivity index (χ0v) is 14.1. The van der Waals surface area contributed by atoms with E-state index < -0.39 is 0 Å². The Morgan fingerprint density at radius 2 is 1.86 bits per heavy atom. The van der Waals surface area contributed by atoms with Crippen molar-refractivity contribution >= 4 is 17.5 Å². The Morgan fingerprint density at radius 1 is 1.23 bits per heavy atom. The van der Waals surface area contributed by atoms with E-state index >= 15 is 0 Å². The topological polar surface area (TPSA) is 40.6 Å². The van der Waals surface area contributed by atoms with Crippen LogP contribution in [-0.2, 0) is 9.59 Å². The number of likely N-dealkylation sites (tertiary alicyclic amines) is 1. The molecule has 2 amide bonds. The van der Waals surface area contributed by atoms with Crippen LogP contribution in [0.3, 0.4) is 0 Å². The van der Waals surface area contributed by atoms with E-state index in [2.05, 4.69) is 6.92 Å². The predicted octanol–water partition coefficient (Wildman–Crippen LogP) is 2.91. The van der Waals surface area contributed by atoms with E-state index in [-0.39, 0.29) is 18.4 Å². The molecule has 1 aromatic rings. The maximum atomic E-state index is 12.5. The van der Waals surface area contributed by atoms with E-state index in [4.69, 9.17) is 0 Å². The first kappa shape index (κ1) is 16.5. The molecule has 1 aliphatic rings. The standard InChI is InChI=1S/C18H26N2O2/c1-13-7-9-19(10-8-13)18(22)12-20(16(4)21)17-6-5-14(2)11-15(17)3/h5-6,11,13H,7-10,12H2,1-4H3. The lowest BCUT2D eigenvalue weighted by Crippen LogP contribution is -2.45. The second kappa shape index (κ2) is 6.95. The summed E-state index contributed by atoms with van der Waals surface area (Å²) in [6.07, 6.45) is 2.10. The van der Waals surface area contributed by atoms with Crippen LogP contribution in [0.4, 0.5) is 5.69 Å². The number of benzene rings is 1. The number of anilines is 1. The molecule has 0 saturated carbocycles. The number of carbonyl (C=O) groups is 2. The molecule has 0 unspecified atom stereocenters. The van der Waals surface area contributed by atoms with Crippen molar-refractivity contribution in [1.82, 2.24) is 4.90 Å². The summed E-state index contributed by atoms with van der Waals surface area (Å²) in [5.41, 5.74) is 3.01. The third-order valence-electron chi connectivity index (χ3n) is 4.45. The Balaban J connectivity index is 2.12. The second-order valence-corrected chi connectivity index (χ2v) is 6.46. The average molecular weight is 302 g/mol. The molecule has 120 valence electrons. The highest BCUT2D eigenvalue weighted by Gasteiger charge is 2.24. The number of aryl methyl sites for hydroxylation is 2. The van der Waals surface area contributed by atoms with Gasteiger partial charge in [-0.25, -0.2) is 0 Å². The first-order valence-corrected chi connectivity index (χ1v) is 8.01. The number of carbonyl (C=O) groups excluding carboxylic acids is 2. The number of piperidine rings is 1. The molecule has 2 rings (SSSR count). The maximum absolute atomic E-state index is 12.5. The van der Waals surface area contributed by atoms with Crippen LogP contribution in [0.15, 0.2) is 18.2 Å². The van der Waals surface area contributed by atoms with Crippen LogP contribution in [0.2, 0.25) is 0 Å². The predicted molar refractivity (Wildman–Crippen MR) is 88.9 cm³/mol.